The molecule has 0 bridgehead atoms. The molecule has 0 amide bonds. The molecule has 5 saturated carbocycles. The van der Waals surface area contributed by atoms with Gasteiger partial charge in [-0.1, -0.05) is 124 Å². The number of carbonyl (C=O) groups excluding carboxylic acids is 3. The fourth-order valence-corrected chi connectivity index (χ4v) is 13.8. The van der Waals surface area contributed by atoms with Crippen LogP contribution in [0.5, 0.6) is 0 Å². The first-order valence-electron chi connectivity index (χ1n) is 26.8. The number of unbranched alkanes of at least 4 members (excludes halogenated alkanes) is 12. The molecular weight excluding hydrogens is 759 g/mol. The lowest BCUT2D eigenvalue weighted by atomic mass is 9.33. The van der Waals surface area contributed by atoms with E-state index in [1.807, 2.05) is 14.1 Å². The molecule has 0 radical (unpaired) electrons. The van der Waals surface area contributed by atoms with E-state index in [2.05, 4.69) is 25.7 Å². The van der Waals surface area contributed by atoms with Crippen LogP contribution >= 0.6 is 0 Å². The van der Waals surface area contributed by atoms with E-state index < -0.39 is 0 Å². The van der Waals surface area contributed by atoms with Crippen molar-refractivity contribution < 1.29 is 28.6 Å². The Kier molecular flexibility index (Phi) is 21.3. The molecule has 7 heteroatoms. The lowest BCUT2D eigenvalue weighted by Crippen LogP contribution is -2.65. The molecule has 5 rings (SSSR count). The lowest BCUT2D eigenvalue weighted by Gasteiger charge is -2.71. The van der Waals surface area contributed by atoms with Crippen LogP contribution in [-0.4, -0.2) is 61.8 Å². The SMILES string of the molecule is CCCCCC(CCCCC)CCOC(=O)CCCCCCCC(CCCCCCCC(=O)OC12CCCC1(C13CC4CCC(CC)CC(C1)C43)C2)OC(=O)CCCN(C)C. The zero-order chi connectivity index (χ0) is 43.6. The van der Waals surface area contributed by atoms with Crippen LogP contribution in [0.3, 0.4) is 0 Å². The van der Waals surface area contributed by atoms with Gasteiger partial charge in [0, 0.05) is 24.7 Å². The Morgan fingerprint density at radius 1 is 0.639 bits per heavy atom. The lowest BCUT2D eigenvalue weighted by molar-refractivity contribution is -0.240. The van der Waals surface area contributed by atoms with Crippen molar-refractivity contribution >= 4 is 17.9 Å². The zero-order valence-corrected chi connectivity index (χ0v) is 40.5. The summed E-state index contributed by atoms with van der Waals surface area (Å²) in [6.45, 7) is 8.38. The Hall–Kier alpha value is -1.63. The minimum Gasteiger partial charge on any atom is -0.466 e. The molecule has 352 valence electrons. The highest BCUT2D eigenvalue weighted by atomic mass is 16.6. The molecule has 0 aromatic carbocycles. The molecule has 0 aliphatic heterocycles. The zero-order valence-electron chi connectivity index (χ0n) is 40.5. The third-order valence-electron chi connectivity index (χ3n) is 17.2. The van der Waals surface area contributed by atoms with Gasteiger partial charge >= 0.3 is 17.9 Å². The van der Waals surface area contributed by atoms with Gasteiger partial charge in [-0.2, -0.15) is 0 Å². The van der Waals surface area contributed by atoms with Crippen molar-refractivity contribution in [2.45, 2.75) is 257 Å². The van der Waals surface area contributed by atoms with E-state index in [4.69, 9.17) is 14.2 Å². The first kappa shape index (κ1) is 50.4. The number of nitrogens with zero attached hydrogens (tertiary/aromatic N) is 1. The number of rotatable bonds is 35. The van der Waals surface area contributed by atoms with Crippen molar-refractivity contribution in [2.75, 3.05) is 27.2 Å². The van der Waals surface area contributed by atoms with Crippen molar-refractivity contribution in [3.8, 4) is 0 Å². The summed E-state index contributed by atoms with van der Waals surface area (Å²) < 4.78 is 18.2. The van der Waals surface area contributed by atoms with Crippen LogP contribution in [0.1, 0.15) is 245 Å². The average Bonchev–Trinajstić information content (AvgIpc) is 3.71. The number of hydrogen-bond donors (Lipinski definition) is 0. The summed E-state index contributed by atoms with van der Waals surface area (Å²) in [5, 5.41) is 0. The maximum atomic E-state index is 13.3. The van der Waals surface area contributed by atoms with Gasteiger partial charge in [0.2, 0.25) is 0 Å². The van der Waals surface area contributed by atoms with E-state index in [-0.39, 0.29) is 29.6 Å². The van der Waals surface area contributed by atoms with E-state index in [9.17, 15) is 14.4 Å². The summed E-state index contributed by atoms with van der Waals surface area (Å²) in [6.07, 6.45) is 39.3. The molecule has 5 fully saturated rings. The molecule has 0 aromatic heterocycles. The van der Waals surface area contributed by atoms with Crippen molar-refractivity contribution in [2.24, 2.45) is 40.4 Å². The summed E-state index contributed by atoms with van der Waals surface area (Å²) >= 11 is 0. The third-order valence-corrected chi connectivity index (χ3v) is 17.2. The topological polar surface area (TPSA) is 82.1 Å². The second-order valence-electron chi connectivity index (χ2n) is 21.8. The normalized spacial score (nSPS) is 29.0. The molecule has 5 aliphatic carbocycles. The molecule has 0 heterocycles. The van der Waals surface area contributed by atoms with Crippen molar-refractivity contribution in [3.05, 3.63) is 0 Å². The van der Waals surface area contributed by atoms with Crippen LogP contribution in [0, 0.1) is 40.4 Å². The summed E-state index contributed by atoms with van der Waals surface area (Å²) in [4.78, 5) is 40.6. The Bertz CT molecular complexity index is 1290. The van der Waals surface area contributed by atoms with Gasteiger partial charge in [0.25, 0.3) is 0 Å². The maximum absolute atomic E-state index is 13.3. The van der Waals surface area contributed by atoms with Crippen LogP contribution in [0.15, 0.2) is 0 Å². The number of hydrogen-bond acceptors (Lipinski definition) is 7. The van der Waals surface area contributed by atoms with Gasteiger partial charge in [-0.05, 0) is 158 Å². The van der Waals surface area contributed by atoms with Gasteiger partial charge < -0.3 is 19.1 Å². The predicted octanol–water partition coefficient (Wildman–Crippen LogP) is 14.1. The fourth-order valence-electron chi connectivity index (χ4n) is 13.8. The largest absolute Gasteiger partial charge is 0.466 e. The second kappa shape index (κ2) is 25.8. The Balaban J connectivity index is 0.916. The predicted molar refractivity (Wildman–Crippen MR) is 249 cm³/mol. The highest BCUT2D eigenvalue weighted by Crippen LogP contribution is 2.88. The van der Waals surface area contributed by atoms with Gasteiger partial charge in [0.15, 0.2) is 0 Å². The molecule has 0 N–H and O–H groups in total. The summed E-state index contributed by atoms with van der Waals surface area (Å²) in [5.74, 6) is 4.47. The molecule has 0 spiro atoms. The van der Waals surface area contributed by atoms with Crippen molar-refractivity contribution in [3.63, 3.8) is 0 Å². The van der Waals surface area contributed by atoms with E-state index >= 15 is 0 Å². The number of ether oxygens (including phenoxy) is 3. The highest BCUT2D eigenvalue weighted by molar-refractivity contribution is 5.71. The molecule has 0 aromatic rings. The minimum atomic E-state index is -0.117. The molecule has 61 heavy (non-hydrogen) atoms. The summed E-state index contributed by atoms with van der Waals surface area (Å²) in [5.41, 5.74) is 0.724. The van der Waals surface area contributed by atoms with Crippen molar-refractivity contribution in [1.82, 2.24) is 4.90 Å². The monoisotopic (exact) mass is 854 g/mol. The molecular formula is C54H95NO6. The molecule has 7 nitrogen and oxygen atoms in total. The maximum Gasteiger partial charge on any atom is 0.306 e. The molecule has 8 unspecified atom stereocenters. The van der Waals surface area contributed by atoms with Gasteiger partial charge in [-0.3, -0.25) is 14.4 Å². The van der Waals surface area contributed by atoms with Gasteiger partial charge in [-0.15, -0.1) is 0 Å². The minimum absolute atomic E-state index is 0.0171. The standard InChI is InChI=1S/C54H95NO6/c1-6-9-17-25-44(26-18-10-7-2)34-38-59-48(56)29-21-15-11-13-19-27-47(60-49(57)31-23-37-55(4)5)28-20-14-12-16-22-30-50(58)61-54-36-24-35-53(54,42-54)52-40-45-33-32-43(8-3)39-46(41-52)51(45)52/h43-47,51H,6-42H2,1-5H3. The van der Waals surface area contributed by atoms with Crippen LogP contribution in [0.2, 0.25) is 0 Å². The third kappa shape index (κ3) is 14.2. The van der Waals surface area contributed by atoms with E-state index in [1.54, 1.807) is 0 Å². The van der Waals surface area contributed by atoms with E-state index in [0.717, 1.165) is 133 Å². The van der Waals surface area contributed by atoms with Gasteiger partial charge in [0.05, 0.1) is 6.61 Å². The van der Waals surface area contributed by atoms with Crippen LogP contribution in [0.25, 0.3) is 0 Å². The molecule has 8 atom stereocenters. The summed E-state index contributed by atoms with van der Waals surface area (Å²) in [6, 6.07) is 0. The van der Waals surface area contributed by atoms with Crippen LogP contribution < -0.4 is 0 Å². The Morgan fingerprint density at radius 2 is 1.25 bits per heavy atom. The van der Waals surface area contributed by atoms with Crippen molar-refractivity contribution in [1.29, 1.82) is 0 Å². The second-order valence-corrected chi connectivity index (χ2v) is 21.8. The van der Waals surface area contributed by atoms with E-state index in [0.29, 0.717) is 42.6 Å². The first-order chi connectivity index (χ1) is 29.6. The fraction of sp³-hybridized carbons (Fsp3) is 0.944. The van der Waals surface area contributed by atoms with Gasteiger partial charge in [-0.25, -0.2) is 0 Å². The Labute approximate surface area is 375 Å². The number of esters is 3. The first-order valence-corrected chi connectivity index (χ1v) is 26.8. The van der Waals surface area contributed by atoms with Crippen LogP contribution in [0.4, 0.5) is 0 Å². The average molecular weight is 854 g/mol. The quantitative estimate of drug-likeness (QED) is 0.0357. The van der Waals surface area contributed by atoms with Crippen LogP contribution in [-0.2, 0) is 28.6 Å². The van der Waals surface area contributed by atoms with Gasteiger partial charge in [0.1, 0.15) is 11.7 Å². The highest BCUT2D eigenvalue weighted by Gasteiger charge is 2.86. The number of carbonyl (C=O) groups is 3. The van der Waals surface area contributed by atoms with E-state index in [1.165, 1.54) is 103 Å². The molecule has 0 saturated heterocycles. The smallest absolute Gasteiger partial charge is 0.306 e. The summed E-state index contributed by atoms with van der Waals surface area (Å²) in [7, 11) is 4.08. The molecule has 5 aliphatic rings. The number of fused-ring (bicyclic) bond motifs is 2. The Morgan fingerprint density at radius 3 is 1.90 bits per heavy atom.